The van der Waals surface area contributed by atoms with Crippen molar-refractivity contribution in [2.24, 2.45) is 5.73 Å². The lowest BCUT2D eigenvalue weighted by molar-refractivity contribution is 0.0627. The summed E-state index contributed by atoms with van der Waals surface area (Å²) in [7, 11) is 1.59. The number of carbonyl (C=O) groups excluding carboxylic acids is 1. The molecule has 8 heteroatoms. The lowest BCUT2D eigenvalue weighted by Crippen LogP contribution is -2.48. The molecule has 1 fully saturated rings. The van der Waals surface area contributed by atoms with E-state index in [1.165, 1.54) is 12.1 Å². The fourth-order valence-electron chi connectivity index (χ4n) is 3.19. The van der Waals surface area contributed by atoms with E-state index in [1.54, 1.807) is 13.2 Å². The van der Waals surface area contributed by atoms with E-state index >= 15 is 0 Å². The average Bonchev–Trinajstić information content (AvgIpc) is 2.68. The average molecular weight is 430 g/mol. The highest BCUT2D eigenvalue weighted by molar-refractivity contribution is 5.94. The zero-order valence-corrected chi connectivity index (χ0v) is 17.4. The van der Waals surface area contributed by atoms with Gasteiger partial charge in [0.2, 0.25) is 0 Å². The molecule has 0 unspecified atom stereocenters. The third kappa shape index (κ3) is 5.82. The molecule has 0 aliphatic carbocycles. The van der Waals surface area contributed by atoms with Crippen LogP contribution in [0.1, 0.15) is 21.5 Å². The third-order valence-corrected chi connectivity index (χ3v) is 4.73. The molecule has 5 nitrogen and oxygen atoms in total. The smallest absolute Gasteiger partial charge is 0.253 e. The minimum absolute atomic E-state index is 0. The predicted octanol–water partition coefficient (Wildman–Crippen LogP) is 3.09. The molecule has 0 saturated carbocycles. The lowest BCUT2D eigenvalue weighted by Gasteiger charge is -2.35. The largest absolute Gasteiger partial charge is 0.496 e. The number of hydrogen-bond acceptors (Lipinski definition) is 4. The van der Waals surface area contributed by atoms with E-state index in [0.29, 0.717) is 37.5 Å². The summed E-state index contributed by atoms with van der Waals surface area (Å²) >= 11 is 0. The topological polar surface area (TPSA) is 58.8 Å². The molecule has 2 aromatic carbocycles. The Labute approximate surface area is 177 Å². The van der Waals surface area contributed by atoms with E-state index in [9.17, 15) is 9.18 Å². The Morgan fingerprint density at radius 3 is 2.29 bits per heavy atom. The van der Waals surface area contributed by atoms with Gasteiger partial charge in [-0.25, -0.2) is 4.39 Å². The van der Waals surface area contributed by atoms with Gasteiger partial charge in [-0.05, 0) is 35.9 Å². The number of methoxy groups -OCH3 is 1. The van der Waals surface area contributed by atoms with Gasteiger partial charge < -0.3 is 15.4 Å². The van der Waals surface area contributed by atoms with Gasteiger partial charge in [0.1, 0.15) is 11.6 Å². The molecule has 28 heavy (non-hydrogen) atoms. The third-order valence-electron chi connectivity index (χ3n) is 4.73. The number of nitrogens with zero attached hydrogens (tertiary/aromatic N) is 2. The molecule has 0 atom stereocenters. The number of carbonyl (C=O) groups is 1. The highest BCUT2D eigenvalue weighted by Crippen LogP contribution is 2.22. The second-order valence-corrected chi connectivity index (χ2v) is 6.43. The summed E-state index contributed by atoms with van der Waals surface area (Å²) in [5.41, 5.74) is 8.11. The summed E-state index contributed by atoms with van der Waals surface area (Å²) in [5, 5.41) is 0. The maximum absolute atomic E-state index is 13.5. The summed E-state index contributed by atoms with van der Waals surface area (Å²) in [6.45, 7) is 3.85. The number of nitrogens with two attached hydrogens (primary N) is 1. The van der Waals surface area contributed by atoms with Crippen molar-refractivity contribution in [1.29, 1.82) is 0 Å². The normalized spacial score (nSPS) is 14.0. The number of halogens is 3. The van der Waals surface area contributed by atoms with Gasteiger partial charge >= 0.3 is 0 Å². The van der Waals surface area contributed by atoms with Crippen molar-refractivity contribution >= 4 is 30.7 Å². The van der Waals surface area contributed by atoms with Gasteiger partial charge in [0.05, 0.1) is 7.11 Å². The number of benzene rings is 2. The summed E-state index contributed by atoms with van der Waals surface area (Å²) in [5.74, 6) is 0.456. The number of rotatable bonds is 5. The van der Waals surface area contributed by atoms with E-state index in [4.69, 9.17) is 10.5 Å². The lowest BCUT2D eigenvalue weighted by atomic mass is 10.1. The monoisotopic (exact) mass is 429 g/mol. The molecule has 2 aromatic rings. The fraction of sp³-hybridized carbons (Fsp3) is 0.350. The van der Waals surface area contributed by atoms with Crippen molar-refractivity contribution in [3.63, 3.8) is 0 Å². The van der Waals surface area contributed by atoms with Gasteiger partial charge in [0.25, 0.3) is 5.91 Å². The molecule has 0 spiro atoms. The Bertz CT molecular complexity index is 767. The molecule has 1 aliphatic rings. The van der Waals surface area contributed by atoms with Gasteiger partial charge in [-0.1, -0.05) is 12.1 Å². The molecule has 1 heterocycles. The molecule has 1 amide bonds. The van der Waals surface area contributed by atoms with Crippen LogP contribution in [0.4, 0.5) is 4.39 Å². The van der Waals surface area contributed by atoms with Crippen LogP contribution in [0.25, 0.3) is 0 Å². The van der Waals surface area contributed by atoms with Crippen LogP contribution >= 0.6 is 24.8 Å². The highest BCUT2D eigenvalue weighted by Gasteiger charge is 2.22. The molecular formula is C20H26Cl2FN3O2. The Hall–Kier alpha value is -1.86. The first-order valence-electron chi connectivity index (χ1n) is 8.73. The highest BCUT2D eigenvalue weighted by atomic mass is 35.5. The van der Waals surface area contributed by atoms with Crippen LogP contribution < -0.4 is 10.5 Å². The van der Waals surface area contributed by atoms with Crippen LogP contribution in [0.15, 0.2) is 42.5 Å². The molecule has 2 N–H and O–H groups in total. The fourth-order valence-corrected chi connectivity index (χ4v) is 3.19. The molecular weight excluding hydrogens is 404 g/mol. The molecule has 0 radical (unpaired) electrons. The summed E-state index contributed by atoms with van der Waals surface area (Å²) < 4.78 is 18.8. The van der Waals surface area contributed by atoms with Crippen molar-refractivity contribution in [2.75, 3.05) is 33.3 Å². The van der Waals surface area contributed by atoms with Crippen LogP contribution in [0.2, 0.25) is 0 Å². The Morgan fingerprint density at radius 1 is 1.07 bits per heavy atom. The minimum atomic E-state index is -0.268. The molecule has 154 valence electrons. The van der Waals surface area contributed by atoms with Crippen LogP contribution in [0, 0.1) is 5.82 Å². The predicted molar refractivity (Wildman–Crippen MR) is 113 cm³/mol. The van der Waals surface area contributed by atoms with Gasteiger partial charge in [-0.2, -0.15) is 0 Å². The maximum atomic E-state index is 13.5. The zero-order valence-electron chi connectivity index (χ0n) is 15.8. The van der Waals surface area contributed by atoms with Crippen LogP contribution in [-0.4, -0.2) is 49.0 Å². The quantitative estimate of drug-likeness (QED) is 0.792. The first-order chi connectivity index (χ1) is 12.6. The molecule has 3 rings (SSSR count). The first kappa shape index (κ1) is 24.2. The Kier molecular flexibility index (Phi) is 9.69. The summed E-state index contributed by atoms with van der Waals surface area (Å²) in [6, 6.07) is 12.0. The van der Waals surface area contributed by atoms with E-state index in [-0.39, 0.29) is 36.5 Å². The minimum Gasteiger partial charge on any atom is -0.496 e. The number of hydrogen-bond donors (Lipinski definition) is 1. The van der Waals surface area contributed by atoms with Crippen molar-refractivity contribution in [1.82, 2.24) is 9.80 Å². The van der Waals surface area contributed by atoms with Crippen LogP contribution in [0.3, 0.4) is 0 Å². The Morgan fingerprint density at radius 2 is 1.71 bits per heavy atom. The second kappa shape index (κ2) is 11.2. The van der Waals surface area contributed by atoms with E-state index < -0.39 is 0 Å². The molecule has 0 bridgehead atoms. The molecule has 0 aromatic heterocycles. The van der Waals surface area contributed by atoms with Crippen molar-refractivity contribution in [2.45, 2.75) is 13.1 Å². The maximum Gasteiger partial charge on any atom is 0.253 e. The standard InChI is InChI=1S/C20H24FN3O2.2ClH/c1-26-19-7-6-18(21)12-17(19)14-23-8-10-24(11-9-23)20(25)16-4-2-15(13-22)3-5-16;;/h2-7,12H,8-11,13-14,22H2,1H3;2*1H. The van der Waals surface area contributed by atoms with Gasteiger partial charge in [0.15, 0.2) is 0 Å². The molecule has 1 saturated heterocycles. The van der Waals surface area contributed by atoms with Gasteiger partial charge in [-0.3, -0.25) is 9.69 Å². The summed E-state index contributed by atoms with van der Waals surface area (Å²) in [6.07, 6.45) is 0. The van der Waals surface area contributed by atoms with Gasteiger partial charge in [0, 0.05) is 50.4 Å². The van der Waals surface area contributed by atoms with E-state index in [0.717, 1.165) is 24.2 Å². The van der Waals surface area contributed by atoms with Crippen LogP contribution in [0.5, 0.6) is 5.75 Å². The first-order valence-corrected chi connectivity index (χ1v) is 8.73. The second-order valence-electron chi connectivity index (χ2n) is 6.43. The van der Waals surface area contributed by atoms with Crippen molar-refractivity contribution in [3.05, 3.63) is 65.0 Å². The van der Waals surface area contributed by atoms with Crippen molar-refractivity contribution < 1.29 is 13.9 Å². The van der Waals surface area contributed by atoms with Crippen LogP contribution in [-0.2, 0) is 13.1 Å². The van der Waals surface area contributed by atoms with Crippen molar-refractivity contribution in [3.8, 4) is 5.75 Å². The Balaban J connectivity index is 0.00000196. The zero-order chi connectivity index (χ0) is 18.5. The number of amides is 1. The SMILES string of the molecule is COc1ccc(F)cc1CN1CCN(C(=O)c2ccc(CN)cc2)CC1.Cl.Cl. The number of piperazine rings is 1. The number of ether oxygens (including phenoxy) is 1. The molecule has 1 aliphatic heterocycles. The van der Waals surface area contributed by atoms with Gasteiger partial charge in [-0.15, -0.1) is 24.8 Å². The van der Waals surface area contributed by atoms with E-state index in [1.807, 2.05) is 29.2 Å². The summed E-state index contributed by atoms with van der Waals surface area (Å²) in [4.78, 5) is 16.7. The van der Waals surface area contributed by atoms with E-state index in [2.05, 4.69) is 4.90 Å².